The van der Waals surface area contributed by atoms with E-state index in [9.17, 15) is 14.0 Å². The number of hydrogen-bond donors (Lipinski definition) is 1. The first-order chi connectivity index (χ1) is 12.9. The number of ether oxygens (including phenoxy) is 1. The van der Waals surface area contributed by atoms with Crippen LogP contribution in [0.2, 0.25) is 5.02 Å². The maximum absolute atomic E-state index is 14.1. The first kappa shape index (κ1) is 18.6. The monoisotopic (exact) mass is 393 g/mol. The molecule has 0 saturated carbocycles. The molecule has 8 nitrogen and oxygen atoms in total. The Morgan fingerprint density at radius 2 is 2.04 bits per heavy atom. The fourth-order valence-electron chi connectivity index (χ4n) is 2.31. The van der Waals surface area contributed by atoms with Gasteiger partial charge in [-0.05, 0) is 26.0 Å². The number of hydrogen-bond acceptors (Lipinski definition) is 7. The van der Waals surface area contributed by atoms with E-state index in [-0.39, 0.29) is 33.5 Å². The summed E-state index contributed by atoms with van der Waals surface area (Å²) in [4.78, 5) is 24.2. The largest absolute Gasteiger partial charge is 0.452 e. The number of benzene rings is 1. The van der Waals surface area contributed by atoms with E-state index < -0.39 is 24.3 Å². The molecule has 2 heterocycles. The molecule has 3 aromatic rings. The number of nitrogens with zero attached hydrogens (tertiary/aromatic N) is 2. The van der Waals surface area contributed by atoms with Crippen molar-refractivity contribution in [2.75, 3.05) is 11.9 Å². The summed E-state index contributed by atoms with van der Waals surface area (Å²) < 4.78 is 28.9. The lowest BCUT2D eigenvalue weighted by molar-refractivity contribution is -0.119. The van der Waals surface area contributed by atoms with E-state index >= 15 is 0 Å². The maximum Gasteiger partial charge on any atom is 0.344 e. The van der Waals surface area contributed by atoms with Crippen molar-refractivity contribution >= 4 is 29.4 Å². The third-order valence-electron chi connectivity index (χ3n) is 3.49. The van der Waals surface area contributed by atoms with E-state index in [1.807, 2.05) is 0 Å². The highest BCUT2D eigenvalue weighted by Gasteiger charge is 2.27. The molecule has 27 heavy (non-hydrogen) atoms. The number of amides is 1. The van der Waals surface area contributed by atoms with Gasteiger partial charge < -0.3 is 13.8 Å². The smallest absolute Gasteiger partial charge is 0.344 e. The van der Waals surface area contributed by atoms with Gasteiger partial charge in [-0.3, -0.25) is 10.1 Å². The van der Waals surface area contributed by atoms with Crippen molar-refractivity contribution in [1.29, 1.82) is 0 Å². The Bertz CT molecular complexity index is 994. The van der Waals surface area contributed by atoms with Crippen molar-refractivity contribution in [1.82, 2.24) is 10.3 Å². The number of carbonyl (C=O) groups excluding carboxylic acids is 2. The number of aromatic nitrogens is 2. The van der Waals surface area contributed by atoms with Crippen LogP contribution in [0.3, 0.4) is 0 Å². The predicted molar refractivity (Wildman–Crippen MR) is 91.8 cm³/mol. The van der Waals surface area contributed by atoms with Crippen molar-refractivity contribution in [2.45, 2.75) is 13.8 Å². The molecule has 1 amide bonds. The molecule has 0 radical (unpaired) electrons. The minimum absolute atomic E-state index is 0.0517. The molecule has 0 unspecified atom stereocenters. The third-order valence-corrected chi connectivity index (χ3v) is 3.81. The Morgan fingerprint density at radius 1 is 1.26 bits per heavy atom. The highest BCUT2D eigenvalue weighted by Crippen LogP contribution is 2.33. The highest BCUT2D eigenvalue weighted by atomic mass is 35.5. The standard InChI is InChI=1S/C17H13ClFN3O5/c1-8-6-13(27-21-8)20-12(23)7-25-17(24)14-9(2)26-22-16(14)15-10(18)4-3-5-11(15)19/h3-6H,7H2,1-2H3,(H,20,23). The molecule has 0 bridgehead atoms. The second kappa shape index (κ2) is 7.58. The van der Waals surface area contributed by atoms with Gasteiger partial charge in [0.05, 0.1) is 16.3 Å². The summed E-state index contributed by atoms with van der Waals surface area (Å²) in [6, 6.07) is 5.54. The first-order valence-corrected chi connectivity index (χ1v) is 8.05. The number of halogens is 2. The van der Waals surface area contributed by atoms with Crippen molar-refractivity contribution in [2.24, 2.45) is 0 Å². The number of carbonyl (C=O) groups is 2. The topological polar surface area (TPSA) is 107 Å². The van der Waals surface area contributed by atoms with Crippen LogP contribution in [0.1, 0.15) is 21.8 Å². The van der Waals surface area contributed by atoms with Crippen LogP contribution in [-0.2, 0) is 9.53 Å². The maximum atomic E-state index is 14.1. The van der Waals surface area contributed by atoms with Crippen LogP contribution in [0.4, 0.5) is 10.3 Å². The fraction of sp³-hybridized carbons (Fsp3) is 0.176. The molecular formula is C17H13ClFN3O5. The zero-order valence-electron chi connectivity index (χ0n) is 14.2. The van der Waals surface area contributed by atoms with E-state index in [1.165, 1.54) is 31.2 Å². The van der Waals surface area contributed by atoms with E-state index in [2.05, 4.69) is 15.6 Å². The SMILES string of the molecule is Cc1cc(NC(=O)COC(=O)c2c(-c3c(F)cccc3Cl)noc2C)on1. The summed E-state index contributed by atoms with van der Waals surface area (Å²) in [5, 5.41) is 9.74. The fourth-order valence-corrected chi connectivity index (χ4v) is 2.56. The van der Waals surface area contributed by atoms with Crippen molar-refractivity contribution < 1.29 is 27.8 Å². The molecule has 3 rings (SSSR count). The van der Waals surface area contributed by atoms with Gasteiger partial charge in [0.1, 0.15) is 22.8 Å². The molecule has 0 spiro atoms. The number of nitrogens with one attached hydrogen (secondary N) is 1. The van der Waals surface area contributed by atoms with Crippen molar-refractivity contribution in [3.8, 4) is 11.3 Å². The van der Waals surface area contributed by atoms with Crippen LogP contribution >= 0.6 is 11.6 Å². The lowest BCUT2D eigenvalue weighted by Gasteiger charge is -2.06. The predicted octanol–water partition coefficient (Wildman–Crippen LogP) is 3.53. The molecular weight excluding hydrogens is 381 g/mol. The van der Waals surface area contributed by atoms with Crippen LogP contribution in [0.15, 0.2) is 33.3 Å². The van der Waals surface area contributed by atoms with E-state index in [1.54, 1.807) is 6.92 Å². The van der Waals surface area contributed by atoms with E-state index in [4.69, 9.17) is 25.4 Å². The molecule has 0 aliphatic heterocycles. The van der Waals surface area contributed by atoms with Gasteiger partial charge in [-0.2, -0.15) is 0 Å². The summed E-state index contributed by atoms with van der Waals surface area (Å²) >= 11 is 6.02. The lowest BCUT2D eigenvalue weighted by atomic mass is 10.1. The second-order valence-corrected chi connectivity index (χ2v) is 5.92. The number of rotatable bonds is 5. The summed E-state index contributed by atoms with van der Waals surface area (Å²) in [6.45, 7) is 2.54. The molecule has 140 valence electrons. The van der Waals surface area contributed by atoms with Gasteiger partial charge >= 0.3 is 5.97 Å². The lowest BCUT2D eigenvalue weighted by Crippen LogP contribution is -2.21. The van der Waals surface area contributed by atoms with Gasteiger partial charge in [0.15, 0.2) is 6.61 Å². The van der Waals surface area contributed by atoms with Crippen LogP contribution in [0.5, 0.6) is 0 Å². The summed E-state index contributed by atoms with van der Waals surface area (Å²) in [5.74, 6) is -2.01. The molecule has 0 saturated heterocycles. The zero-order chi connectivity index (χ0) is 19.6. The summed E-state index contributed by atoms with van der Waals surface area (Å²) in [6.07, 6.45) is 0. The number of anilines is 1. The number of aryl methyl sites for hydroxylation is 2. The first-order valence-electron chi connectivity index (χ1n) is 7.67. The van der Waals surface area contributed by atoms with Crippen molar-refractivity contribution in [3.63, 3.8) is 0 Å². The molecule has 2 aromatic heterocycles. The Hall–Kier alpha value is -3.20. The van der Waals surface area contributed by atoms with E-state index in [0.717, 1.165) is 0 Å². The van der Waals surface area contributed by atoms with Gasteiger partial charge in [-0.15, -0.1) is 0 Å². The Kier molecular flexibility index (Phi) is 5.22. The van der Waals surface area contributed by atoms with Gasteiger partial charge in [0, 0.05) is 6.07 Å². The van der Waals surface area contributed by atoms with Crippen LogP contribution < -0.4 is 5.32 Å². The van der Waals surface area contributed by atoms with Gasteiger partial charge in [-0.25, -0.2) is 9.18 Å². The number of esters is 1. The average Bonchev–Trinajstić information content (AvgIpc) is 3.18. The molecule has 0 aliphatic carbocycles. The van der Waals surface area contributed by atoms with Gasteiger partial charge in [0.2, 0.25) is 5.88 Å². The van der Waals surface area contributed by atoms with Gasteiger partial charge in [0.25, 0.3) is 5.91 Å². The average molecular weight is 394 g/mol. The normalized spacial score (nSPS) is 10.7. The molecule has 0 aliphatic rings. The quantitative estimate of drug-likeness (QED) is 0.660. The summed E-state index contributed by atoms with van der Waals surface area (Å²) in [5.41, 5.74) is 0.260. The molecule has 0 atom stereocenters. The van der Waals surface area contributed by atoms with E-state index in [0.29, 0.717) is 5.69 Å². The minimum Gasteiger partial charge on any atom is -0.452 e. The van der Waals surface area contributed by atoms with Crippen LogP contribution in [0, 0.1) is 19.7 Å². The summed E-state index contributed by atoms with van der Waals surface area (Å²) in [7, 11) is 0. The van der Waals surface area contributed by atoms with Crippen molar-refractivity contribution in [3.05, 3.63) is 52.1 Å². The molecule has 1 aromatic carbocycles. The zero-order valence-corrected chi connectivity index (χ0v) is 15.0. The van der Waals surface area contributed by atoms with Gasteiger partial charge in [-0.1, -0.05) is 28.0 Å². The molecule has 1 N–H and O–H groups in total. The Morgan fingerprint density at radius 3 is 2.70 bits per heavy atom. The molecule has 10 heteroatoms. The third kappa shape index (κ3) is 3.98. The Labute approximate surface area is 157 Å². The van der Waals surface area contributed by atoms with Crippen LogP contribution in [0.25, 0.3) is 11.3 Å². The Balaban J connectivity index is 1.76. The van der Waals surface area contributed by atoms with Crippen LogP contribution in [-0.4, -0.2) is 28.8 Å². The minimum atomic E-state index is -0.910. The molecule has 0 fully saturated rings. The second-order valence-electron chi connectivity index (χ2n) is 5.52. The highest BCUT2D eigenvalue weighted by molar-refractivity contribution is 6.33.